The Labute approximate surface area is 107 Å². The van der Waals surface area contributed by atoms with Crippen molar-refractivity contribution in [2.24, 2.45) is 5.92 Å². The molecule has 0 N–H and O–H groups in total. The van der Waals surface area contributed by atoms with E-state index in [4.69, 9.17) is 0 Å². The van der Waals surface area contributed by atoms with Gasteiger partial charge in [0.25, 0.3) is 0 Å². The van der Waals surface area contributed by atoms with Gasteiger partial charge in [0.2, 0.25) is 0 Å². The molecule has 0 radical (unpaired) electrons. The quantitative estimate of drug-likeness (QED) is 0.562. The van der Waals surface area contributed by atoms with Gasteiger partial charge < -0.3 is 0 Å². The van der Waals surface area contributed by atoms with Gasteiger partial charge in [-0.3, -0.25) is 0 Å². The maximum absolute atomic E-state index is 3.71. The zero-order valence-electron chi connectivity index (χ0n) is 12.0. The van der Waals surface area contributed by atoms with E-state index in [1.54, 1.807) is 0 Å². The van der Waals surface area contributed by atoms with Gasteiger partial charge in [0.15, 0.2) is 0 Å². The normalized spacial score (nSPS) is 7.88. The molecule has 0 heterocycles. The Bertz CT molecular complexity index is 336. The van der Waals surface area contributed by atoms with E-state index >= 15 is 0 Å². The van der Waals surface area contributed by atoms with Crippen molar-refractivity contribution < 1.29 is 0 Å². The Kier molecular flexibility index (Phi) is 13.2. The highest BCUT2D eigenvalue weighted by atomic mass is 13.9. The summed E-state index contributed by atoms with van der Waals surface area (Å²) in [5.74, 6) is 0.833. The first-order chi connectivity index (χ1) is 8.11. The van der Waals surface area contributed by atoms with Crippen LogP contribution in [0, 0.1) is 5.92 Å². The fraction of sp³-hybridized carbons (Fsp3) is 0.353. The zero-order chi connectivity index (χ0) is 13.7. The van der Waals surface area contributed by atoms with E-state index in [1.165, 1.54) is 0 Å². The molecule has 17 heavy (non-hydrogen) atoms. The molecule has 0 bridgehead atoms. The summed E-state index contributed by atoms with van der Waals surface area (Å²) in [6.45, 7) is 17.7. The van der Waals surface area contributed by atoms with Crippen molar-refractivity contribution in [2.75, 3.05) is 0 Å². The van der Waals surface area contributed by atoms with E-state index in [0.29, 0.717) is 0 Å². The summed E-state index contributed by atoms with van der Waals surface area (Å²) in [6.07, 6.45) is 3.67. The SMILES string of the molecule is C=C=Cc1ccccc1C=C.CC.CC(C)C. The molecule has 0 aliphatic heterocycles. The largest absolute Gasteiger partial charge is 0.128 e. The molecule has 0 saturated carbocycles. The van der Waals surface area contributed by atoms with Gasteiger partial charge in [-0.15, -0.1) is 5.73 Å². The number of hydrogen-bond donors (Lipinski definition) is 0. The molecule has 0 heteroatoms. The average molecular weight is 230 g/mol. The first kappa shape index (κ1) is 17.9. The molecule has 94 valence electrons. The standard InChI is InChI=1S/C11H10.C4H10.C2H6/c1-3-7-11-9-6-5-8-10(11)4-2;1-4(2)3;1-2/h4-9H,1-2H2;4H,1-3H3;1-2H3. The molecule has 0 aliphatic carbocycles. The Morgan fingerprint density at radius 2 is 1.47 bits per heavy atom. The van der Waals surface area contributed by atoms with Gasteiger partial charge in [-0.1, -0.05) is 78.1 Å². The van der Waals surface area contributed by atoms with Gasteiger partial charge in [0, 0.05) is 0 Å². The first-order valence-electron chi connectivity index (χ1n) is 6.19. The van der Waals surface area contributed by atoms with Crippen LogP contribution in [0.1, 0.15) is 45.7 Å². The van der Waals surface area contributed by atoms with Crippen molar-refractivity contribution in [1.82, 2.24) is 0 Å². The highest BCUT2D eigenvalue weighted by Gasteiger charge is 1.90. The van der Waals surface area contributed by atoms with Crippen molar-refractivity contribution in [3.8, 4) is 0 Å². The second kappa shape index (κ2) is 12.5. The average Bonchev–Trinajstić information content (AvgIpc) is 2.32. The highest BCUT2D eigenvalue weighted by Crippen LogP contribution is 2.10. The second-order valence-electron chi connectivity index (χ2n) is 3.91. The maximum Gasteiger partial charge on any atom is -0.0107 e. The smallest absolute Gasteiger partial charge is 0.0107 e. The molecular formula is C17H26. The lowest BCUT2D eigenvalue weighted by Gasteiger charge is -1.96. The third-order valence-electron chi connectivity index (χ3n) is 1.47. The molecule has 0 spiro atoms. The van der Waals surface area contributed by atoms with Crippen LogP contribution in [0.2, 0.25) is 0 Å². The van der Waals surface area contributed by atoms with Gasteiger partial charge in [-0.05, 0) is 23.1 Å². The third kappa shape index (κ3) is 10.8. The van der Waals surface area contributed by atoms with Gasteiger partial charge >= 0.3 is 0 Å². The van der Waals surface area contributed by atoms with Crippen molar-refractivity contribution in [3.63, 3.8) is 0 Å². The summed E-state index contributed by atoms with van der Waals surface area (Å²) in [4.78, 5) is 0. The van der Waals surface area contributed by atoms with E-state index in [9.17, 15) is 0 Å². The van der Waals surface area contributed by atoms with Crippen LogP contribution in [-0.4, -0.2) is 0 Å². The zero-order valence-corrected chi connectivity index (χ0v) is 12.0. The molecule has 0 unspecified atom stereocenters. The maximum atomic E-state index is 3.71. The van der Waals surface area contributed by atoms with Crippen molar-refractivity contribution in [1.29, 1.82) is 0 Å². The predicted molar refractivity (Wildman–Crippen MR) is 82.0 cm³/mol. The van der Waals surface area contributed by atoms with Crippen molar-refractivity contribution in [3.05, 3.63) is 54.3 Å². The van der Waals surface area contributed by atoms with Crippen molar-refractivity contribution in [2.45, 2.75) is 34.6 Å². The van der Waals surface area contributed by atoms with Crippen LogP contribution in [0.5, 0.6) is 0 Å². The van der Waals surface area contributed by atoms with Gasteiger partial charge in [-0.2, -0.15) is 0 Å². The van der Waals surface area contributed by atoms with Gasteiger partial charge in [-0.25, -0.2) is 0 Å². The minimum Gasteiger partial charge on any atom is -0.128 e. The summed E-state index contributed by atoms with van der Waals surface area (Å²) in [5, 5.41) is 0. The molecule has 1 rings (SSSR count). The van der Waals surface area contributed by atoms with Crippen LogP contribution in [0.15, 0.2) is 43.2 Å². The summed E-state index contributed by atoms with van der Waals surface area (Å²) in [6, 6.07) is 7.99. The number of rotatable bonds is 2. The van der Waals surface area contributed by atoms with Crippen molar-refractivity contribution >= 4 is 12.2 Å². The second-order valence-corrected chi connectivity index (χ2v) is 3.91. The first-order valence-corrected chi connectivity index (χ1v) is 6.19. The molecule has 0 saturated heterocycles. The van der Waals surface area contributed by atoms with Gasteiger partial charge in [0.1, 0.15) is 0 Å². The van der Waals surface area contributed by atoms with Crippen LogP contribution < -0.4 is 0 Å². The molecule has 0 aromatic heterocycles. The minimum absolute atomic E-state index is 0.833. The number of hydrogen-bond acceptors (Lipinski definition) is 0. The summed E-state index contributed by atoms with van der Waals surface area (Å²) in [7, 11) is 0. The van der Waals surface area contributed by atoms with Crippen LogP contribution in [0.3, 0.4) is 0 Å². The Balaban J connectivity index is 0. The minimum atomic E-state index is 0.833. The van der Waals surface area contributed by atoms with E-state index in [1.807, 2.05) is 50.3 Å². The summed E-state index contributed by atoms with van der Waals surface area (Å²) < 4.78 is 0. The lowest BCUT2D eigenvalue weighted by atomic mass is 10.1. The molecule has 1 aromatic carbocycles. The molecule has 0 fully saturated rings. The molecule has 0 aliphatic rings. The molecule has 0 amide bonds. The lowest BCUT2D eigenvalue weighted by molar-refractivity contribution is 0.737. The highest BCUT2D eigenvalue weighted by molar-refractivity contribution is 5.63. The van der Waals surface area contributed by atoms with E-state index in [2.05, 4.69) is 39.7 Å². The van der Waals surface area contributed by atoms with Crippen LogP contribution >= 0.6 is 0 Å². The third-order valence-corrected chi connectivity index (χ3v) is 1.47. The predicted octanol–water partition coefficient (Wildman–Crippen LogP) is 5.82. The Hall–Kier alpha value is -1.52. The van der Waals surface area contributed by atoms with E-state index in [-0.39, 0.29) is 0 Å². The Morgan fingerprint density at radius 1 is 1.06 bits per heavy atom. The summed E-state index contributed by atoms with van der Waals surface area (Å²) in [5.41, 5.74) is 4.96. The topological polar surface area (TPSA) is 0 Å². The molecule has 0 atom stereocenters. The molecule has 0 nitrogen and oxygen atoms in total. The Morgan fingerprint density at radius 3 is 1.82 bits per heavy atom. The molecule has 1 aromatic rings. The van der Waals surface area contributed by atoms with E-state index in [0.717, 1.165) is 17.0 Å². The van der Waals surface area contributed by atoms with E-state index < -0.39 is 0 Å². The van der Waals surface area contributed by atoms with Crippen LogP contribution in [0.25, 0.3) is 12.2 Å². The van der Waals surface area contributed by atoms with Crippen LogP contribution in [0.4, 0.5) is 0 Å². The number of benzene rings is 1. The fourth-order valence-electron chi connectivity index (χ4n) is 0.938. The fourth-order valence-corrected chi connectivity index (χ4v) is 0.938. The molecular weight excluding hydrogens is 204 g/mol. The monoisotopic (exact) mass is 230 g/mol. The lowest BCUT2D eigenvalue weighted by Crippen LogP contribution is -1.76. The summed E-state index contributed by atoms with van der Waals surface area (Å²) >= 11 is 0. The van der Waals surface area contributed by atoms with Gasteiger partial charge in [0.05, 0.1) is 0 Å². The van der Waals surface area contributed by atoms with Crippen LogP contribution in [-0.2, 0) is 0 Å².